The van der Waals surface area contributed by atoms with E-state index in [0.717, 1.165) is 16.7 Å². The molecule has 5 heteroatoms. The van der Waals surface area contributed by atoms with Crippen LogP contribution >= 0.6 is 0 Å². The smallest absolute Gasteiger partial charge is 0.192 e. The average molecular weight is 553 g/mol. The number of rotatable bonds is 4. The number of fused-ring (bicyclic) bond motifs is 2. The number of hydrogen-bond acceptors (Lipinski definition) is 5. The Morgan fingerprint density at radius 3 is 1.88 bits per heavy atom. The van der Waals surface area contributed by atoms with E-state index in [-0.39, 0.29) is 23.3 Å². The highest BCUT2D eigenvalue weighted by atomic mass is 16.2. The van der Waals surface area contributed by atoms with Crippen LogP contribution < -0.4 is 0 Å². The number of carbonyl (C=O) groups is 3. The molecular weight excluding hydrogens is 520 g/mol. The van der Waals surface area contributed by atoms with Crippen LogP contribution in [0.2, 0.25) is 0 Å². The molecule has 0 N–H and O–H groups in total. The molecule has 208 valence electrons. The molecule has 2 heterocycles. The van der Waals surface area contributed by atoms with Gasteiger partial charge in [0, 0.05) is 48.8 Å². The molecule has 7 rings (SSSR count). The summed E-state index contributed by atoms with van der Waals surface area (Å²) in [5.74, 6) is -1.00. The second-order valence-electron chi connectivity index (χ2n) is 11.8. The quantitative estimate of drug-likeness (QED) is 0.241. The van der Waals surface area contributed by atoms with Crippen molar-refractivity contribution in [3.05, 3.63) is 149 Å². The molecule has 0 unspecified atom stereocenters. The maximum Gasteiger partial charge on any atom is 0.192 e. The first-order valence-electron chi connectivity index (χ1n) is 14.5. The highest BCUT2D eigenvalue weighted by molar-refractivity contribution is 6.36. The minimum atomic E-state index is -1.64. The number of ketones is 3. The lowest BCUT2D eigenvalue weighted by molar-refractivity contribution is -0.132. The van der Waals surface area contributed by atoms with Crippen LogP contribution in [-0.4, -0.2) is 59.4 Å². The first-order valence-corrected chi connectivity index (χ1v) is 14.5. The Morgan fingerprint density at radius 1 is 0.714 bits per heavy atom. The molecule has 1 aliphatic carbocycles. The summed E-state index contributed by atoms with van der Waals surface area (Å²) in [6.45, 7) is 1.74. The molecule has 42 heavy (non-hydrogen) atoms. The Kier molecular flexibility index (Phi) is 6.37. The zero-order valence-electron chi connectivity index (χ0n) is 23.6. The van der Waals surface area contributed by atoms with E-state index in [0.29, 0.717) is 42.9 Å². The summed E-state index contributed by atoms with van der Waals surface area (Å²) >= 11 is 0. The van der Waals surface area contributed by atoms with Gasteiger partial charge in [-0.3, -0.25) is 24.2 Å². The summed E-state index contributed by atoms with van der Waals surface area (Å²) < 4.78 is 0. The van der Waals surface area contributed by atoms with Gasteiger partial charge in [-0.15, -0.1) is 0 Å². The third kappa shape index (κ3) is 3.74. The molecule has 0 aromatic heterocycles. The standard InChI is InChI=1S/C37H32N2O3/c1-38-24-32(28-17-9-4-10-18-28)36(37(38)34(41)30-19-11-12-20-31(30)35(37)42)25-39(22-27-15-7-3-8-16-27)23-29(33(36)40)21-26-13-5-2-6-14-26/h2-21,32H,22-25H2,1H3/b29-21+/t32-,36+/m1/s1. The third-order valence-corrected chi connectivity index (χ3v) is 9.50. The summed E-state index contributed by atoms with van der Waals surface area (Å²) in [4.78, 5) is 48.8. The predicted octanol–water partition coefficient (Wildman–Crippen LogP) is 5.69. The van der Waals surface area contributed by atoms with Crippen LogP contribution in [-0.2, 0) is 11.3 Å². The van der Waals surface area contributed by atoms with Gasteiger partial charge in [0.2, 0.25) is 0 Å². The zero-order chi connectivity index (χ0) is 28.9. The second-order valence-corrected chi connectivity index (χ2v) is 11.8. The second kappa shape index (κ2) is 10.1. The fraction of sp³-hybridized carbons (Fsp3) is 0.216. The van der Waals surface area contributed by atoms with Gasteiger partial charge in [0.05, 0.1) is 5.41 Å². The van der Waals surface area contributed by atoms with Crippen LogP contribution in [0.25, 0.3) is 6.08 Å². The van der Waals surface area contributed by atoms with Crippen molar-refractivity contribution in [2.24, 2.45) is 5.41 Å². The lowest BCUT2D eigenvalue weighted by Crippen LogP contribution is -2.69. The van der Waals surface area contributed by atoms with E-state index in [1.807, 2.05) is 96.9 Å². The van der Waals surface area contributed by atoms with E-state index < -0.39 is 11.0 Å². The maximum absolute atomic E-state index is 15.3. The molecule has 0 radical (unpaired) electrons. The fourth-order valence-corrected chi connectivity index (χ4v) is 7.80. The van der Waals surface area contributed by atoms with Crippen molar-refractivity contribution in [1.82, 2.24) is 9.80 Å². The number of nitrogens with zero attached hydrogens (tertiary/aromatic N) is 2. The Labute approximate surface area is 246 Å². The van der Waals surface area contributed by atoms with Crippen LogP contribution in [0.4, 0.5) is 0 Å². The number of hydrogen-bond donors (Lipinski definition) is 0. The monoisotopic (exact) mass is 552 g/mol. The molecule has 0 saturated carbocycles. The minimum Gasteiger partial charge on any atom is -0.294 e. The predicted molar refractivity (Wildman–Crippen MR) is 163 cm³/mol. The van der Waals surface area contributed by atoms with Gasteiger partial charge in [0.25, 0.3) is 0 Å². The Hall–Kier alpha value is -4.45. The van der Waals surface area contributed by atoms with Gasteiger partial charge in [0.15, 0.2) is 22.9 Å². The first kappa shape index (κ1) is 26.4. The lowest BCUT2D eigenvalue weighted by Gasteiger charge is -2.50. The van der Waals surface area contributed by atoms with Gasteiger partial charge in [-0.25, -0.2) is 0 Å². The van der Waals surface area contributed by atoms with Crippen molar-refractivity contribution in [3.8, 4) is 0 Å². The highest BCUT2D eigenvalue weighted by Gasteiger charge is 2.77. The van der Waals surface area contributed by atoms with Crippen molar-refractivity contribution in [1.29, 1.82) is 0 Å². The number of likely N-dealkylation sites (tertiary alicyclic amines) is 2. The summed E-state index contributed by atoms with van der Waals surface area (Å²) in [7, 11) is 1.84. The van der Waals surface area contributed by atoms with Crippen molar-refractivity contribution in [2.45, 2.75) is 18.0 Å². The van der Waals surface area contributed by atoms with Crippen molar-refractivity contribution < 1.29 is 14.4 Å². The maximum atomic E-state index is 15.3. The number of likely N-dealkylation sites (N-methyl/N-ethyl adjacent to an activating group) is 1. The summed E-state index contributed by atoms with van der Waals surface area (Å²) in [6, 6.07) is 37.0. The minimum absolute atomic E-state index is 0.108. The van der Waals surface area contributed by atoms with E-state index in [1.165, 1.54) is 0 Å². The van der Waals surface area contributed by atoms with E-state index in [4.69, 9.17) is 0 Å². The first-order chi connectivity index (χ1) is 20.5. The Balaban J connectivity index is 1.49. The van der Waals surface area contributed by atoms with Crippen LogP contribution in [0.1, 0.15) is 43.3 Å². The molecule has 5 nitrogen and oxygen atoms in total. The normalized spacial score (nSPS) is 24.6. The van der Waals surface area contributed by atoms with Gasteiger partial charge in [0.1, 0.15) is 0 Å². The van der Waals surface area contributed by atoms with Gasteiger partial charge in [-0.2, -0.15) is 0 Å². The molecule has 0 bridgehead atoms. The van der Waals surface area contributed by atoms with E-state index in [1.54, 1.807) is 24.3 Å². The summed E-state index contributed by atoms with van der Waals surface area (Å²) in [5.41, 5.74) is 1.46. The van der Waals surface area contributed by atoms with Gasteiger partial charge in [-0.1, -0.05) is 115 Å². The molecule has 2 atom stereocenters. The zero-order valence-corrected chi connectivity index (χ0v) is 23.6. The van der Waals surface area contributed by atoms with E-state index in [9.17, 15) is 9.59 Å². The molecule has 3 aliphatic rings. The molecular formula is C37H32N2O3. The summed E-state index contributed by atoms with van der Waals surface area (Å²) in [5, 5.41) is 0. The van der Waals surface area contributed by atoms with Gasteiger partial charge < -0.3 is 0 Å². The molecule has 0 amide bonds. The molecule has 4 aromatic rings. The molecule has 2 saturated heterocycles. The lowest BCUT2D eigenvalue weighted by atomic mass is 9.56. The Bertz CT molecular complexity index is 1680. The molecule has 2 aliphatic heterocycles. The number of carbonyl (C=O) groups excluding carboxylic acids is 3. The number of Topliss-reactive ketones (excluding diaryl/α,β-unsaturated/α-hetero) is 3. The van der Waals surface area contributed by atoms with Crippen molar-refractivity contribution in [3.63, 3.8) is 0 Å². The molecule has 4 aromatic carbocycles. The number of benzene rings is 4. The summed E-state index contributed by atoms with van der Waals surface area (Å²) in [6.07, 6.45) is 1.95. The fourth-order valence-electron chi connectivity index (χ4n) is 7.80. The van der Waals surface area contributed by atoms with Crippen LogP contribution in [0.5, 0.6) is 0 Å². The van der Waals surface area contributed by atoms with Crippen LogP contribution in [0.15, 0.2) is 121 Å². The van der Waals surface area contributed by atoms with Crippen molar-refractivity contribution in [2.75, 3.05) is 26.7 Å². The molecule has 2 fully saturated rings. The SMILES string of the molecule is CN1C[C@H](c2ccccc2)[C@]2(CN(Cc3ccccc3)C/C(=C\c3ccccc3)C2=O)C12C(=O)c1ccccc1C2=O. The van der Waals surface area contributed by atoms with Crippen LogP contribution in [0.3, 0.4) is 0 Å². The van der Waals surface area contributed by atoms with Crippen molar-refractivity contribution >= 4 is 23.4 Å². The average Bonchev–Trinajstić information content (AvgIpc) is 3.42. The highest BCUT2D eigenvalue weighted by Crippen LogP contribution is 2.61. The van der Waals surface area contributed by atoms with Gasteiger partial charge in [-0.05, 0) is 29.8 Å². The van der Waals surface area contributed by atoms with E-state index >= 15 is 4.79 Å². The van der Waals surface area contributed by atoms with Gasteiger partial charge >= 0.3 is 0 Å². The topological polar surface area (TPSA) is 57.7 Å². The van der Waals surface area contributed by atoms with Crippen LogP contribution in [0, 0.1) is 5.41 Å². The number of piperidine rings is 1. The van der Waals surface area contributed by atoms with E-state index in [2.05, 4.69) is 17.0 Å². The molecule has 2 spiro atoms. The largest absolute Gasteiger partial charge is 0.294 e. The third-order valence-electron chi connectivity index (χ3n) is 9.50. The Morgan fingerprint density at radius 2 is 1.26 bits per heavy atom.